The summed E-state index contributed by atoms with van der Waals surface area (Å²) in [6.45, 7) is 1.97. The lowest BCUT2D eigenvalue weighted by molar-refractivity contribution is -0.137. The third kappa shape index (κ3) is 3.24. The minimum absolute atomic E-state index is 0.127. The first-order valence-corrected chi connectivity index (χ1v) is 6.43. The first-order valence-electron chi connectivity index (χ1n) is 6.43. The van der Waals surface area contributed by atoms with Gasteiger partial charge in [-0.05, 0) is 35.2 Å². The Balaban J connectivity index is 2.60. The second-order valence-corrected chi connectivity index (χ2v) is 4.68. The zero-order chi connectivity index (χ0) is 15.6. The number of hydrogen-bond donors (Lipinski definition) is 1. The van der Waals surface area contributed by atoms with E-state index in [1.165, 1.54) is 6.07 Å². The fourth-order valence-electron chi connectivity index (χ4n) is 2.13. The summed E-state index contributed by atoms with van der Waals surface area (Å²) in [5, 5.41) is 0. The van der Waals surface area contributed by atoms with Gasteiger partial charge in [-0.15, -0.1) is 0 Å². The molecular weight excluding hydrogens is 279 g/mol. The molecule has 0 bridgehead atoms. The largest absolute Gasteiger partial charge is 0.416 e. The number of nitrogens with two attached hydrogens (primary N) is 1. The first kappa shape index (κ1) is 15.1. The van der Waals surface area contributed by atoms with Crippen molar-refractivity contribution < 1.29 is 18.0 Å². The standard InChI is InChI=1S/C16H14F3NO/c1-2-10-4-3-5-11(8-10)13-7-6-12(16(17,18)19)9-14(13)15(20)21/h3-9H,2H2,1H3,(H2,20,21). The summed E-state index contributed by atoms with van der Waals surface area (Å²) in [5.41, 5.74) is 6.34. The Hall–Kier alpha value is -2.30. The molecular formula is C16H14F3NO. The van der Waals surface area contributed by atoms with Crippen LogP contribution in [-0.2, 0) is 12.6 Å². The van der Waals surface area contributed by atoms with Crippen molar-refractivity contribution in [1.29, 1.82) is 0 Å². The Labute approximate surface area is 120 Å². The molecule has 0 aliphatic heterocycles. The van der Waals surface area contributed by atoms with E-state index in [0.29, 0.717) is 11.1 Å². The Morgan fingerprint density at radius 2 is 1.86 bits per heavy atom. The first-order chi connectivity index (χ1) is 9.82. The second-order valence-electron chi connectivity index (χ2n) is 4.68. The van der Waals surface area contributed by atoms with Crippen LogP contribution in [0.15, 0.2) is 42.5 Å². The van der Waals surface area contributed by atoms with E-state index in [4.69, 9.17) is 5.73 Å². The summed E-state index contributed by atoms with van der Waals surface area (Å²) < 4.78 is 38.2. The van der Waals surface area contributed by atoms with Gasteiger partial charge in [0.1, 0.15) is 0 Å². The van der Waals surface area contributed by atoms with Crippen LogP contribution in [0.2, 0.25) is 0 Å². The molecule has 1 amide bonds. The maximum Gasteiger partial charge on any atom is 0.416 e. The highest BCUT2D eigenvalue weighted by atomic mass is 19.4. The fourth-order valence-corrected chi connectivity index (χ4v) is 2.13. The highest BCUT2D eigenvalue weighted by molar-refractivity contribution is 6.00. The molecule has 0 saturated heterocycles. The summed E-state index contributed by atoms with van der Waals surface area (Å²) in [7, 11) is 0. The molecule has 0 unspecified atom stereocenters. The van der Waals surface area contributed by atoms with Crippen molar-refractivity contribution in [3.8, 4) is 11.1 Å². The van der Waals surface area contributed by atoms with Gasteiger partial charge in [0.25, 0.3) is 0 Å². The fraction of sp³-hybridized carbons (Fsp3) is 0.188. The van der Waals surface area contributed by atoms with Crippen LogP contribution in [0.3, 0.4) is 0 Å². The van der Waals surface area contributed by atoms with Gasteiger partial charge in [0.15, 0.2) is 0 Å². The summed E-state index contributed by atoms with van der Waals surface area (Å²) in [6, 6.07) is 10.4. The number of carbonyl (C=O) groups excluding carboxylic acids is 1. The van der Waals surface area contributed by atoms with E-state index in [0.717, 1.165) is 24.1 Å². The van der Waals surface area contributed by atoms with Crippen molar-refractivity contribution in [2.24, 2.45) is 5.73 Å². The number of amides is 1. The van der Waals surface area contributed by atoms with Crippen LogP contribution < -0.4 is 5.73 Å². The molecule has 0 fully saturated rings. The van der Waals surface area contributed by atoms with Gasteiger partial charge in [0.05, 0.1) is 5.56 Å². The van der Waals surface area contributed by atoms with Crippen molar-refractivity contribution in [1.82, 2.24) is 0 Å². The monoisotopic (exact) mass is 293 g/mol. The van der Waals surface area contributed by atoms with E-state index in [9.17, 15) is 18.0 Å². The number of aryl methyl sites for hydroxylation is 1. The molecule has 0 aliphatic rings. The van der Waals surface area contributed by atoms with Crippen LogP contribution in [-0.4, -0.2) is 5.91 Å². The maximum absolute atomic E-state index is 12.7. The molecule has 0 heterocycles. The number of alkyl halides is 3. The molecule has 0 saturated carbocycles. The number of primary amides is 1. The average molecular weight is 293 g/mol. The summed E-state index contributed by atoms with van der Waals surface area (Å²) in [4.78, 5) is 11.5. The predicted molar refractivity (Wildman–Crippen MR) is 74.8 cm³/mol. The zero-order valence-corrected chi connectivity index (χ0v) is 11.4. The van der Waals surface area contributed by atoms with Crippen molar-refractivity contribution in [2.45, 2.75) is 19.5 Å². The summed E-state index contributed by atoms with van der Waals surface area (Å²) >= 11 is 0. The second kappa shape index (κ2) is 5.60. The van der Waals surface area contributed by atoms with E-state index in [2.05, 4.69) is 0 Å². The Kier molecular flexibility index (Phi) is 4.02. The van der Waals surface area contributed by atoms with E-state index < -0.39 is 17.6 Å². The highest BCUT2D eigenvalue weighted by Crippen LogP contribution is 2.33. The quantitative estimate of drug-likeness (QED) is 0.912. The van der Waals surface area contributed by atoms with Crippen molar-refractivity contribution in [3.05, 3.63) is 59.2 Å². The minimum atomic E-state index is -4.51. The SMILES string of the molecule is CCc1cccc(-c2ccc(C(F)(F)F)cc2C(N)=O)c1. The molecule has 2 aromatic carbocycles. The molecule has 0 aliphatic carbocycles. The van der Waals surface area contributed by atoms with E-state index in [-0.39, 0.29) is 5.56 Å². The number of halogens is 3. The molecule has 0 spiro atoms. The van der Waals surface area contributed by atoms with Gasteiger partial charge in [0, 0.05) is 5.56 Å². The van der Waals surface area contributed by atoms with Crippen molar-refractivity contribution in [2.75, 3.05) is 0 Å². The van der Waals surface area contributed by atoms with Crippen LogP contribution in [0.4, 0.5) is 13.2 Å². The van der Waals surface area contributed by atoms with Gasteiger partial charge in [-0.25, -0.2) is 0 Å². The normalized spacial score (nSPS) is 11.4. The lowest BCUT2D eigenvalue weighted by atomic mass is 9.95. The maximum atomic E-state index is 12.7. The number of benzene rings is 2. The Morgan fingerprint density at radius 3 is 2.43 bits per heavy atom. The molecule has 2 N–H and O–H groups in total. The zero-order valence-electron chi connectivity index (χ0n) is 11.4. The third-order valence-electron chi connectivity index (χ3n) is 3.26. The summed E-state index contributed by atoms with van der Waals surface area (Å²) in [5.74, 6) is -0.877. The van der Waals surface area contributed by atoms with Gasteiger partial charge in [0.2, 0.25) is 5.91 Å². The Morgan fingerprint density at radius 1 is 1.14 bits per heavy atom. The molecule has 0 radical (unpaired) electrons. The lowest BCUT2D eigenvalue weighted by Crippen LogP contribution is -2.15. The van der Waals surface area contributed by atoms with Crippen LogP contribution in [0.25, 0.3) is 11.1 Å². The lowest BCUT2D eigenvalue weighted by Gasteiger charge is -2.12. The van der Waals surface area contributed by atoms with Gasteiger partial charge >= 0.3 is 6.18 Å². The molecule has 0 atom stereocenters. The van der Waals surface area contributed by atoms with Crippen LogP contribution in [0, 0.1) is 0 Å². The van der Waals surface area contributed by atoms with Crippen molar-refractivity contribution >= 4 is 5.91 Å². The Bertz CT molecular complexity index is 677. The molecule has 21 heavy (non-hydrogen) atoms. The predicted octanol–water partition coefficient (Wildman–Crippen LogP) is 4.03. The molecule has 2 rings (SSSR count). The molecule has 5 heteroatoms. The van der Waals surface area contributed by atoms with E-state index in [1.54, 1.807) is 12.1 Å². The van der Waals surface area contributed by atoms with Gasteiger partial charge in [-0.3, -0.25) is 4.79 Å². The van der Waals surface area contributed by atoms with E-state index >= 15 is 0 Å². The number of hydrogen-bond acceptors (Lipinski definition) is 1. The van der Waals surface area contributed by atoms with Crippen LogP contribution in [0.5, 0.6) is 0 Å². The third-order valence-corrected chi connectivity index (χ3v) is 3.26. The van der Waals surface area contributed by atoms with Crippen LogP contribution in [0.1, 0.15) is 28.4 Å². The molecule has 110 valence electrons. The molecule has 0 aromatic heterocycles. The van der Waals surface area contributed by atoms with Crippen LogP contribution >= 0.6 is 0 Å². The number of rotatable bonds is 3. The topological polar surface area (TPSA) is 43.1 Å². The minimum Gasteiger partial charge on any atom is -0.366 e. The van der Waals surface area contributed by atoms with Gasteiger partial charge in [-0.2, -0.15) is 13.2 Å². The van der Waals surface area contributed by atoms with Crippen molar-refractivity contribution in [3.63, 3.8) is 0 Å². The molecule has 2 nitrogen and oxygen atoms in total. The number of carbonyl (C=O) groups is 1. The van der Waals surface area contributed by atoms with Gasteiger partial charge in [-0.1, -0.05) is 37.3 Å². The smallest absolute Gasteiger partial charge is 0.366 e. The highest BCUT2D eigenvalue weighted by Gasteiger charge is 2.31. The average Bonchev–Trinajstić information content (AvgIpc) is 2.45. The summed E-state index contributed by atoms with van der Waals surface area (Å²) in [6.07, 6.45) is -3.71. The van der Waals surface area contributed by atoms with Gasteiger partial charge < -0.3 is 5.73 Å². The molecule has 2 aromatic rings. The van der Waals surface area contributed by atoms with E-state index in [1.807, 2.05) is 19.1 Å².